The Hall–Kier alpha value is -2.22. The molecule has 1 aromatic carbocycles. The van der Waals surface area contributed by atoms with Gasteiger partial charge < -0.3 is 15.1 Å². The number of carbonyl (C=O) groups excluding carboxylic acids is 1. The van der Waals surface area contributed by atoms with E-state index in [0.29, 0.717) is 6.42 Å². The second-order valence-corrected chi connectivity index (χ2v) is 5.50. The first-order valence-corrected chi connectivity index (χ1v) is 7.37. The zero-order chi connectivity index (χ0) is 15.2. The van der Waals surface area contributed by atoms with Crippen LogP contribution >= 0.6 is 0 Å². The van der Waals surface area contributed by atoms with Crippen molar-refractivity contribution < 1.29 is 4.79 Å². The number of hydrogen-bond acceptors (Lipinski definition) is 3. The fraction of sp³-hybridized carbons (Fsp3) is 0.500. The van der Waals surface area contributed by atoms with Gasteiger partial charge in [0, 0.05) is 37.6 Å². The summed E-state index contributed by atoms with van der Waals surface area (Å²) < 4.78 is 0. The maximum Gasteiger partial charge on any atom is 0.321 e. The molecule has 112 valence electrons. The summed E-state index contributed by atoms with van der Waals surface area (Å²) in [4.78, 5) is 16.0. The van der Waals surface area contributed by atoms with Crippen molar-refractivity contribution in [3.63, 3.8) is 0 Å². The van der Waals surface area contributed by atoms with Crippen molar-refractivity contribution in [2.24, 2.45) is 0 Å². The van der Waals surface area contributed by atoms with E-state index in [-0.39, 0.29) is 12.1 Å². The molecule has 0 spiro atoms. The molecule has 5 heteroatoms. The molecule has 1 heterocycles. The fourth-order valence-corrected chi connectivity index (χ4v) is 2.44. The van der Waals surface area contributed by atoms with Gasteiger partial charge in [-0.05, 0) is 38.0 Å². The third-order valence-electron chi connectivity index (χ3n) is 3.94. The van der Waals surface area contributed by atoms with Gasteiger partial charge in [-0.1, -0.05) is 6.07 Å². The van der Waals surface area contributed by atoms with E-state index in [1.165, 1.54) is 12.8 Å². The van der Waals surface area contributed by atoms with E-state index in [1.54, 1.807) is 11.9 Å². The average molecular weight is 286 g/mol. The Balaban J connectivity index is 2.00. The summed E-state index contributed by atoms with van der Waals surface area (Å²) in [6.07, 6.45) is 2.79. The molecule has 2 rings (SSSR count). The zero-order valence-electron chi connectivity index (χ0n) is 12.7. The highest BCUT2D eigenvalue weighted by molar-refractivity contribution is 5.90. The Morgan fingerprint density at radius 2 is 2.19 bits per heavy atom. The Morgan fingerprint density at radius 1 is 1.48 bits per heavy atom. The molecular weight excluding hydrogens is 264 g/mol. The number of nitrogens with one attached hydrogen (secondary N) is 1. The standard InChI is InChI=1S/C16H22N4O/c1-13(8-9-17)19(2)16(21)18-14-6-5-7-15(12-14)20-10-3-4-11-20/h5-7,12-13H,3-4,8,10-11H2,1-2H3,(H,18,21)/t13-/m1/s1. The fourth-order valence-electron chi connectivity index (χ4n) is 2.44. The third-order valence-corrected chi connectivity index (χ3v) is 3.94. The van der Waals surface area contributed by atoms with Crippen molar-refractivity contribution in [3.8, 4) is 6.07 Å². The molecule has 1 saturated heterocycles. The lowest BCUT2D eigenvalue weighted by molar-refractivity contribution is 0.208. The predicted octanol–water partition coefficient (Wildman–Crippen LogP) is 3.05. The van der Waals surface area contributed by atoms with E-state index in [1.807, 2.05) is 25.1 Å². The van der Waals surface area contributed by atoms with Crippen molar-refractivity contribution in [2.75, 3.05) is 30.4 Å². The summed E-state index contributed by atoms with van der Waals surface area (Å²) in [5.41, 5.74) is 1.94. The van der Waals surface area contributed by atoms with E-state index in [4.69, 9.17) is 5.26 Å². The lowest BCUT2D eigenvalue weighted by atomic mass is 10.2. The van der Waals surface area contributed by atoms with Crippen LogP contribution in [0.4, 0.5) is 16.2 Å². The Labute approximate surface area is 126 Å². The number of benzene rings is 1. The summed E-state index contributed by atoms with van der Waals surface area (Å²) >= 11 is 0. The molecule has 1 aliphatic heterocycles. The van der Waals surface area contributed by atoms with Gasteiger partial charge in [-0.3, -0.25) is 0 Å². The summed E-state index contributed by atoms with van der Waals surface area (Å²) in [7, 11) is 1.71. The maximum absolute atomic E-state index is 12.2. The van der Waals surface area contributed by atoms with Crippen LogP contribution in [0.2, 0.25) is 0 Å². The minimum absolute atomic E-state index is 0.100. The highest BCUT2D eigenvalue weighted by atomic mass is 16.2. The molecule has 21 heavy (non-hydrogen) atoms. The van der Waals surface area contributed by atoms with Crippen LogP contribution in [0.15, 0.2) is 24.3 Å². The summed E-state index contributed by atoms with van der Waals surface area (Å²) in [6.45, 7) is 4.02. The monoisotopic (exact) mass is 286 g/mol. The van der Waals surface area contributed by atoms with Crippen LogP contribution in [0, 0.1) is 11.3 Å². The van der Waals surface area contributed by atoms with E-state index < -0.39 is 0 Å². The number of anilines is 2. The van der Waals surface area contributed by atoms with Gasteiger partial charge in [0.05, 0.1) is 12.5 Å². The first-order chi connectivity index (χ1) is 10.1. The van der Waals surface area contributed by atoms with Gasteiger partial charge in [0.15, 0.2) is 0 Å². The normalized spacial score (nSPS) is 15.4. The first kappa shape index (κ1) is 15.2. The average Bonchev–Trinajstić information content (AvgIpc) is 3.01. The first-order valence-electron chi connectivity index (χ1n) is 7.37. The second-order valence-electron chi connectivity index (χ2n) is 5.50. The molecule has 0 aromatic heterocycles. The highest BCUT2D eigenvalue weighted by Crippen LogP contribution is 2.23. The topological polar surface area (TPSA) is 59.4 Å². The van der Waals surface area contributed by atoms with Crippen molar-refractivity contribution >= 4 is 17.4 Å². The Bertz CT molecular complexity index is 531. The highest BCUT2D eigenvalue weighted by Gasteiger charge is 2.16. The summed E-state index contributed by atoms with van der Waals surface area (Å²) in [5, 5.41) is 11.6. The lowest BCUT2D eigenvalue weighted by Gasteiger charge is -2.24. The van der Waals surface area contributed by atoms with E-state index in [2.05, 4.69) is 22.4 Å². The molecule has 1 N–H and O–H groups in total. The van der Waals surface area contributed by atoms with Crippen molar-refractivity contribution in [1.29, 1.82) is 5.26 Å². The SMILES string of the molecule is C[C@H](CC#N)N(C)C(=O)Nc1cccc(N2CCCC2)c1. The number of urea groups is 1. The molecule has 0 aliphatic carbocycles. The molecule has 5 nitrogen and oxygen atoms in total. The zero-order valence-corrected chi connectivity index (χ0v) is 12.7. The number of nitriles is 1. The van der Waals surface area contributed by atoms with Gasteiger partial charge in [-0.2, -0.15) is 5.26 Å². The molecule has 0 radical (unpaired) electrons. The maximum atomic E-state index is 12.2. The summed E-state index contributed by atoms with van der Waals surface area (Å²) in [6, 6.07) is 9.73. The minimum atomic E-state index is -0.184. The molecular formula is C16H22N4O. The van der Waals surface area contributed by atoms with E-state index in [0.717, 1.165) is 24.5 Å². The van der Waals surface area contributed by atoms with Crippen LogP contribution in [-0.4, -0.2) is 37.1 Å². The van der Waals surface area contributed by atoms with Crippen molar-refractivity contribution in [3.05, 3.63) is 24.3 Å². The van der Waals surface area contributed by atoms with Crippen LogP contribution < -0.4 is 10.2 Å². The van der Waals surface area contributed by atoms with Crippen molar-refractivity contribution in [2.45, 2.75) is 32.2 Å². The van der Waals surface area contributed by atoms with Gasteiger partial charge in [-0.25, -0.2) is 4.79 Å². The minimum Gasteiger partial charge on any atom is -0.371 e. The van der Waals surface area contributed by atoms with Crippen LogP contribution in [0.1, 0.15) is 26.2 Å². The molecule has 1 fully saturated rings. The molecule has 1 aliphatic rings. The summed E-state index contributed by atoms with van der Waals surface area (Å²) in [5.74, 6) is 0. The smallest absolute Gasteiger partial charge is 0.321 e. The molecule has 0 bridgehead atoms. The molecule has 0 saturated carbocycles. The number of amides is 2. The molecule has 1 atom stereocenters. The third kappa shape index (κ3) is 3.88. The van der Waals surface area contributed by atoms with Gasteiger partial charge in [0.2, 0.25) is 0 Å². The van der Waals surface area contributed by atoms with Crippen LogP contribution in [-0.2, 0) is 0 Å². The van der Waals surface area contributed by atoms with Gasteiger partial charge in [0.25, 0.3) is 0 Å². The second kappa shape index (κ2) is 6.98. The van der Waals surface area contributed by atoms with Gasteiger partial charge in [0.1, 0.15) is 0 Å². The van der Waals surface area contributed by atoms with Crippen LogP contribution in [0.5, 0.6) is 0 Å². The number of nitrogens with zero attached hydrogens (tertiary/aromatic N) is 3. The number of hydrogen-bond donors (Lipinski definition) is 1. The Morgan fingerprint density at radius 3 is 2.86 bits per heavy atom. The largest absolute Gasteiger partial charge is 0.371 e. The van der Waals surface area contributed by atoms with Gasteiger partial charge >= 0.3 is 6.03 Å². The van der Waals surface area contributed by atoms with Gasteiger partial charge in [-0.15, -0.1) is 0 Å². The molecule has 1 aromatic rings. The Kier molecular flexibility index (Phi) is 5.04. The number of carbonyl (C=O) groups is 1. The van der Waals surface area contributed by atoms with Crippen LogP contribution in [0.25, 0.3) is 0 Å². The van der Waals surface area contributed by atoms with Crippen LogP contribution in [0.3, 0.4) is 0 Å². The lowest BCUT2D eigenvalue weighted by Crippen LogP contribution is -2.38. The molecule has 2 amide bonds. The number of rotatable bonds is 4. The predicted molar refractivity (Wildman–Crippen MR) is 84.4 cm³/mol. The van der Waals surface area contributed by atoms with E-state index >= 15 is 0 Å². The molecule has 0 unspecified atom stereocenters. The van der Waals surface area contributed by atoms with Crippen molar-refractivity contribution in [1.82, 2.24) is 4.90 Å². The quantitative estimate of drug-likeness (QED) is 0.925. The van der Waals surface area contributed by atoms with E-state index in [9.17, 15) is 4.79 Å².